The second-order valence-electron chi connectivity index (χ2n) is 22.7. The number of unbranched alkanes of at least 4 members (excludes halogenated alkanes) is 31. The molecule has 0 aliphatic heterocycles. The molecule has 0 rings (SSSR count). The zero-order chi connectivity index (χ0) is 59.2. The molecule has 0 aliphatic carbocycles. The van der Waals surface area contributed by atoms with Crippen LogP contribution in [0.25, 0.3) is 0 Å². The van der Waals surface area contributed by atoms with Gasteiger partial charge in [0.05, 0.1) is 0 Å². The van der Waals surface area contributed by atoms with Gasteiger partial charge in [-0.3, -0.25) is 14.4 Å². The minimum atomic E-state index is -0.787. The van der Waals surface area contributed by atoms with Crippen LogP contribution >= 0.6 is 0 Å². The van der Waals surface area contributed by atoms with E-state index >= 15 is 0 Å². The van der Waals surface area contributed by atoms with Gasteiger partial charge in [-0.25, -0.2) is 0 Å². The number of rotatable bonds is 62. The molecule has 1 unspecified atom stereocenters. The van der Waals surface area contributed by atoms with Gasteiger partial charge in [-0.15, -0.1) is 0 Å². The molecule has 0 fully saturated rings. The summed E-state index contributed by atoms with van der Waals surface area (Å²) in [5.41, 5.74) is 0. The Morgan fingerprint density at radius 3 is 0.793 bits per heavy atom. The van der Waals surface area contributed by atoms with E-state index in [1.54, 1.807) is 0 Å². The van der Waals surface area contributed by atoms with Crippen LogP contribution in [0, 0.1) is 0 Å². The summed E-state index contributed by atoms with van der Waals surface area (Å²) in [4.78, 5) is 38.3. The van der Waals surface area contributed by atoms with E-state index in [1.165, 1.54) is 167 Å². The van der Waals surface area contributed by atoms with Crippen LogP contribution < -0.4 is 0 Å². The monoisotopic (exact) mass is 1140 g/mol. The van der Waals surface area contributed by atoms with Gasteiger partial charge in [-0.2, -0.15) is 0 Å². The molecular weight excluding hydrogens is 1010 g/mol. The normalized spacial score (nSPS) is 12.9. The molecule has 0 bridgehead atoms. The largest absolute Gasteiger partial charge is 0.462 e. The van der Waals surface area contributed by atoms with E-state index in [-0.39, 0.29) is 31.1 Å². The van der Waals surface area contributed by atoms with Crippen LogP contribution in [0.3, 0.4) is 0 Å². The smallest absolute Gasteiger partial charge is 0.306 e. The Balaban J connectivity index is 4.21. The number of ether oxygens (including phenoxy) is 3. The topological polar surface area (TPSA) is 78.9 Å². The molecule has 0 amide bonds. The lowest BCUT2D eigenvalue weighted by atomic mass is 10.1. The van der Waals surface area contributed by atoms with Gasteiger partial charge in [0.25, 0.3) is 0 Å². The number of hydrogen-bond acceptors (Lipinski definition) is 6. The van der Waals surface area contributed by atoms with Crippen molar-refractivity contribution in [1.29, 1.82) is 0 Å². The van der Waals surface area contributed by atoms with Crippen LogP contribution in [0.1, 0.15) is 323 Å². The highest BCUT2D eigenvalue weighted by molar-refractivity contribution is 5.71. The zero-order valence-corrected chi connectivity index (χ0v) is 53.7. The van der Waals surface area contributed by atoms with Crippen LogP contribution in [-0.4, -0.2) is 37.2 Å². The lowest BCUT2D eigenvalue weighted by Gasteiger charge is -2.18. The summed E-state index contributed by atoms with van der Waals surface area (Å²) in [5.74, 6) is -0.894. The molecule has 0 heterocycles. The maximum absolute atomic E-state index is 12.9. The fourth-order valence-electron chi connectivity index (χ4n) is 9.49. The predicted molar refractivity (Wildman–Crippen MR) is 357 cm³/mol. The fraction of sp³-hybridized carbons (Fsp3) is 0.697. The summed E-state index contributed by atoms with van der Waals surface area (Å²) in [7, 11) is 0. The fourth-order valence-corrected chi connectivity index (χ4v) is 9.49. The second-order valence-corrected chi connectivity index (χ2v) is 22.7. The number of hydrogen-bond donors (Lipinski definition) is 0. The molecule has 0 aliphatic rings. The zero-order valence-electron chi connectivity index (χ0n) is 53.7. The third-order valence-corrected chi connectivity index (χ3v) is 14.7. The Morgan fingerprint density at radius 1 is 0.256 bits per heavy atom. The summed E-state index contributed by atoms with van der Waals surface area (Å²) >= 11 is 0. The maximum atomic E-state index is 12.9. The SMILES string of the molecule is CC/C=C\C/C=C\C/C=C\C/C=C\C/C=C\C/C=C\C/C=C\C/C=C\CCCCCCCCCCCCC(=O)OCC(COC(=O)CCCCCCC/C=C\CCCC)OC(=O)CCCCCCCCC/C=C\CCCCCCCCC. The lowest BCUT2D eigenvalue weighted by molar-refractivity contribution is -0.167. The van der Waals surface area contributed by atoms with Gasteiger partial charge in [0.1, 0.15) is 13.2 Å². The first kappa shape index (κ1) is 77.8. The predicted octanol–water partition coefficient (Wildman–Crippen LogP) is 23.9. The number of esters is 3. The first-order chi connectivity index (χ1) is 40.5. The molecule has 6 nitrogen and oxygen atoms in total. The van der Waals surface area contributed by atoms with Gasteiger partial charge < -0.3 is 14.2 Å². The molecule has 468 valence electrons. The molecule has 6 heteroatoms. The first-order valence-electron chi connectivity index (χ1n) is 34.5. The summed E-state index contributed by atoms with van der Waals surface area (Å²) in [6.45, 7) is 6.49. The van der Waals surface area contributed by atoms with Gasteiger partial charge >= 0.3 is 17.9 Å². The van der Waals surface area contributed by atoms with Crippen molar-refractivity contribution >= 4 is 17.9 Å². The number of carbonyl (C=O) groups is 3. The Labute approximate surface area is 507 Å². The van der Waals surface area contributed by atoms with Crippen LogP contribution in [0.5, 0.6) is 0 Å². The van der Waals surface area contributed by atoms with E-state index in [4.69, 9.17) is 14.2 Å². The standard InChI is InChI=1S/C76H128O6/c1-4-7-10-13-16-19-22-24-26-28-30-31-32-33-34-35-36-37-38-39-40-41-42-43-44-45-46-48-49-51-54-57-60-63-66-69-75(78)81-72-73(71-80-74(77)68-65-62-59-56-53-21-18-15-12-9-6-3)82-76(79)70-67-64-61-58-55-52-50-47-29-27-25-23-20-17-14-11-8-5-2/h7,10,15-16,18-19,24,26-27,29-31,33-34,36-37,39-40,42-43,73H,4-6,8-9,11-14,17,20-23,25,28,32,35,38,41,44-72H2,1-3H3/b10-7-,18-15-,19-16-,26-24-,29-27-,31-30-,34-33-,37-36-,40-39-,43-42-. The Kier molecular flexibility index (Phi) is 65.8. The Bertz CT molecular complexity index is 1690. The van der Waals surface area contributed by atoms with Crippen molar-refractivity contribution in [3.8, 4) is 0 Å². The van der Waals surface area contributed by atoms with Crippen LogP contribution in [-0.2, 0) is 28.6 Å². The van der Waals surface area contributed by atoms with Gasteiger partial charge in [0, 0.05) is 19.3 Å². The summed E-state index contributed by atoms with van der Waals surface area (Å²) in [6, 6.07) is 0. The lowest BCUT2D eigenvalue weighted by Crippen LogP contribution is -2.30. The molecule has 82 heavy (non-hydrogen) atoms. The van der Waals surface area contributed by atoms with Crippen LogP contribution in [0.2, 0.25) is 0 Å². The third kappa shape index (κ3) is 66.6. The highest BCUT2D eigenvalue weighted by Crippen LogP contribution is 2.16. The van der Waals surface area contributed by atoms with Crippen molar-refractivity contribution in [2.75, 3.05) is 13.2 Å². The maximum Gasteiger partial charge on any atom is 0.306 e. The quantitative estimate of drug-likeness (QED) is 0.0261. The third-order valence-electron chi connectivity index (χ3n) is 14.7. The number of carbonyl (C=O) groups excluding carboxylic acids is 3. The average molecular weight is 1140 g/mol. The van der Waals surface area contributed by atoms with Crippen molar-refractivity contribution in [1.82, 2.24) is 0 Å². The Hall–Kier alpha value is -4.19. The summed E-state index contributed by atoms with van der Waals surface area (Å²) in [5, 5.41) is 0. The molecule has 0 aromatic heterocycles. The van der Waals surface area contributed by atoms with Gasteiger partial charge in [-0.05, 0) is 128 Å². The van der Waals surface area contributed by atoms with E-state index in [9.17, 15) is 14.4 Å². The van der Waals surface area contributed by atoms with Crippen molar-refractivity contribution < 1.29 is 28.6 Å². The number of allylic oxidation sites excluding steroid dienone is 20. The molecule has 0 aromatic carbocycles. The summed E-state index contributed by atoms with van der Waals surface area (Å²) < 4.78 is 16.9. The van der Waals surface area contributed by atoms with Crippen LogP contribution in [0.15, 0.2) is 122 Å². The van der Waals surface area contributed by atoms with E-state index in [2.05, 4.69) is 142 Å². The van der Waals surface area contributed by atoms with Gasteiger partial charge in [0.2, 0.25) is 0 Å². The molecule has 0 saturated carbocycles. The first-order valence-corrected chi connectivity index (χ1v) is 34.5. The molecule has 0 aromatic rings. The molecular formula is C76H128O6. The van der Waals surface area contributed by atoms with Crippen molar-refractivity contribution in [3.63, 3.8) is 0 Å². The van der Waals surface area contributed by atoms with E-state index in [0.717, 1.165) is 116 Å². The van der Waals surface area contributed by atoms with Crippen molar-refractivity contribution in [2.24, 2.45) is 0 Å². The van der Waals surface area contributed by atoms with E-state index < -0.39 is 6.10 Å². The highest BCUT2D eigenvalue weighted by Gasteiger charge is 2.19. The molecule has 0 saturated heterocycles. The minimum absolute atomic E-state index is 0.0843. The minimum Gasteiger partial charge on any atom is -0.462 e. The average Bonchev–Trinajstić information content (AvgIpc) is 3.47. The summed E-state index contributed by atoms with van der Waals surface area (Å²) in [6.07, 6.45) is 96.5. The molecule has 0 spiro atoms. The highest BCUT2D eigenvalue weighted by atomic mass is 16.6. The van der Waals surface area contributed by atoms with Crippen LogP contribution in [0.4, 0.5) is 0 Å². The van der Waals surface area contributed by atoms with E-state index in [0.29, 0.717) is 19.3 Å². The van der Waals surface area contributed by atoms with Crippen molar-refractivity contribution in [3.05, 3.63) is 122 Å². The second kappa shape index (κ2) is 69.3. The Morgan fingerprint density at radius 2 is 0.488 bits per heavy atom. The molecule has 1 atom stereocenters. The van der Waals surface area contributed by atoms with Gasteiger partial charge in [-0.1, -0.05) is 296 Å². The van der Waals surface area contributed by atoms with Crippen molar-refractivity contribution in [2.45, 2.75) is 329 Å². The van der Waals surface area contributed by atoms with E-state index in [1.807, 2.05) is 0 Å². The molecule has 0 N–H and O–H groups in total. The van der Waals surface area contributed by atoms with Gasteiger partial charge in [0.15, 0.2) is 6.10 Å². The molecule has 0 radical (unpaired) electrons.